The minimum absolute atomic E-state index is 0.0559. The molecule has 7 nitrogen and oxygen atoms in total. The predicted molar refractivity (Wildman–Crippen MR) is 94.6 cm³/mol. The number of likely N-dealkylation sites (tertiary alicyclic amines) is 1. The Morgan fingerprint density at radius 1 is 1.29 bits per heavy atom. The van der Waals surface area contributed by atoms with E-state index in [1.807, 2.05) is 11.6 Å². The molecule has 0 aromatic carbocycles. The van der Waals surface area contributed by atoms with Crippen LogP contribution in [0.5, 0.6) is 0 Å². The first-order valence-electron chi connectivity index (χ1n) is 8.78. The van der Waals surface area contributed by atoms with Crippen LogP contribution in [0, 0.1) is 5.92 Å². The van der Waals surface area contributed by atoms with Gasteiger partial charge in [0.1, 0.15) is 6.33 Å². The highest BCUT2D eigenvalue weighted by molar-refractivity contribution is 5.78. The maximum atomic E-state index is 12.9. The van der Waals surface area contributed by atoms with Crippen LogP contribution in [0.3, 0.4) is 0 Å². The molecule has 0 spiro atoms. The number of hydrogen-bond donors (Lipinski definition) is 0. The molecule has 0 N–H and O–H groups in total. The lowest BCUT2D eigenvalue weighted by molar-refractivity contribution is -0.135. The molecule has 24 heavy (non-hydrogen) atoms. The molecule has 1 fully saturated rings. The molecule has 0 unspecified atom stereocenters. The minimum Gasteiger partial charge on any atom is -0.338 e. The van der Waals surface area contributed by atoms with Gasteiger partial charge in [-0.1, -0.05) is 0 Å². The molecular formula is C17H32N6O. The van der Waals surface area contributed by atoms with Crippen molar-refractivity contribution in [3.8, 4) is 0 Å². The van der Waals surface area contributed by atoms with Gasteiger partial charge in [-0.3, -0.25) is 4.79 Å². The van der Waals surface area contributed by atoms with Crippen LogP contribution >= 0.6 is 0 Å². The second kappa shape index (κ2) is 8.07. The maximum Gasteiger partial charge on any atom is 0.227 e. The Balaban J connectivity index is 2.00. The molecule has 1 saturated heterocycles. The molecule has 1 aliphatic rings. The van der Waals surface area contributed by atoms with E-state index in [-0.39, 0.29) is 11.8 Å². The summed E-state index contributed by atoms with van der Waals surface area (Å²) in [6, 6.07) is 0.811. The highest BCUT2D eigenvalue weighted by Crippen LogP contribution is 2.21. The van der Waals surface area contributed by atoms with Crippen LogP contribution in [-0.2, 0) is 11.3 Å². The number of hydrogen-bond acceptors (Lipinski definition) is 5. The second-order valence-electron chi connectivity index (χ2n) is 7.56. The van der Waals surface area contributed by atoms with Crippen LogP contribution in [0.4, 0.5) is 0 Å². The van der Waals surface area contributed by atoms with E-state index in [0.29, 0.717) is 18.6 Å². The Kier molecular flexibility index (Phi) is 6.34. The van der Waals surface area contributed by atoms with Crippen molar-refractivity contribution in [1.82, 2.24) is 29.5 Å². The molecule has 1 aromatic rings. The van der Waals surface area contributed by atoms with E-state index in [9.17, 15) is 4.79 Å². The van der Waals surface area contributed by atoms with E-state index in [1.165, 1.54) is 0 Å². The zero-order valence-corrected chi connectivity index (χ0v) is 15.9. The van der Waals surface area contributed by atoms with Crippen molar-refractivity contribution >= 4 is 5.91 Å². The molecule has 136 valence electrons. The number of rotatable bonds is 5. The lowest BCUT2D eigenvalue weighted by Gasteiger charge is -2.26. The molecule has 1 aliphatic heterocycles. The lowest BCUT2D eigenvalue weighted by Crippen LogP contribution is -2.39. The quantitative estimate of drug-likeness (QED) is 0.806. The summed E-state index contributed by atoms with van der Waals surface area (Å²) >= 11 is 0. The standard InChI is InChI=1S/C17H32N6O/c1-13(2)23-12-18-19-16(23)11-22(6)17(24)14-7-8-15(20(3)4)10-21(5)9-14/h12-15H,7-11H2,1-6H3/t14-,15+/m1/s1. The largest absolute Gasteiger partial charge is 0.338 e. The number of aromatic nitrogens is 3. The zero-order chi connectivity index (χ0) is 17.9. The summed E-state index contributed by atoms with van der Waals surface area (Å²) in [5, 5.41) is 8.16. The van der Waals surface area contributed by atoms with E-state index < -0.39 is 0 Å². The van der Waals surface area contributed by atoms with E-state index in [4.69, 9.17) is 0 Å². The highest BCUT2D eigenvalue weighted by Gasteiger charge is 2.29. The fourth-order valence-electron chi connectivity index (χ4n) is 3.42. The fourth-order valence-corrected chi connectivity index (χ4v) is 3.42. The number of nitrogens with zero attached hydrogens (tertiary/aromatic N) is 6. The highest BCUT2D eigenvalue weighted by atomic mass is 16.2. The molecule has 0 aliphatic carbocycles. The predicted octanol–water partition coefficient (Wildman–Crippen LogP) is 1.09. The maximum absolute atomic E-state index is 12.9. The van der Waals surface area contributed by atoms with Gasteiger partial charge in [-0.15, -0.1) is 10.2 Å². The van der Waals surface area contributed by atoms with Crippen molar-refractivity contribution < 1.29 is 4.79 Å². The van der Waals surface area contributed by atoms with E-state index in [0.717, 1.165) is 31.8 Å². The van der Waals surface area contributed by atoms with Gasteiger partial charge in [0.15, 0.2) is 5.82 Å². The number of carbonyl (C=O) groups is 1. The fraction of sp³-hybridized carbons (Fsp3) is 0.824. The molecule has 0 saturated carbocycles. The summed E-state index contributed by atoms with van der Waals surface area (Å²) in [5.74, 6) is 1.11. The van der Waals surface area contributed by atoms with Gasteiger partial charge < -0.3 is 19.3 Å². The molecule has 1 aromatic heterocycles. The Labute approximate surface area is 145 Å². The molecule has 0 radical (unpaired) electrons. The van der Waals surface area contributed by atoms with Crippen molar-refractivity contribution in [2.24, 2.45) is 5.92 Å². The second-order valence-corrected chi connectivity index (χ2v) is 7.56. The van der Waals surface area contributed by atoms with Crippen LogP contribution < -0.4 is 0 Å². The topological polar surface area (TPSA) is 57.5 Å². The number of likely N-dealkylation sites (N-methyl/N-ethyl adjacent to an activating group) is 2. The van der Waals surface area contributed by atoms with Gasteiger partial charge in [0.05, 0.1) is 12.5 Å². The summed E-state index contributed by atoms with van der Waals surface area (Å²) in [6.45, 7) is 6.54. The Morgan fingerprint density at radius 3 is 2.62 bits per heavy atom. The SMILES string of the molecule is CC(C)n1cnnc1CN(C)C(=O)[C@@H]1CC[C@H](N(C)C)CN(C)C1. The average Bonchev–Trinajstić information content (AvgIpc) is 2.87. The Morgan fingerprint density at radius 2 is 2.00 bits per heavy atom. The van der Waals surface area contributed by atoms with E-state index in [1.54, 1.807) is 11.2 Å². The third kappa shape index (κ3) is 4.54. The van der Waals surface area contributed by atoms with Gasteiger partial charge >= 0.3 is 0 Å². The van der Waals surface area contributed by atoms with Crippen molar-refractivity contribution in [2.45, 2.75) is 45.3 Å². The monoisotopic (exact) mass is 336 g/mol. The molecule has 1 amide bonds. The van der Waals surface area contributed by atoms with Gasteiger partial charge in [0.2, 0.25) is 5.91 Å². The van der Waals surface area contributed by atoms with Crippen molar-refractivity contribution in [3.63, 3.8) is 0 Å². The third-order valence-electron chi connectivity index (χ3n) is 4.94. The molecule has 2 heterocycles. The zero-order valence-electron chi connectivity index (χ0n) is 15.9. The molecule has 7 heteroatoms. The summed E-state index contributed by atoms with van der Waals surface area (Å²) in [7, 11) is 8.21. The van der Waals surface area contributed by atoms with Gasteiger partial charge in [-0.2, -0.15) is 0 Å². The van der Waals surface area contributed by atoms with Crippen molar-refractivity contribution in [2.75, 3.05) is 41.3 Å². The van der Waals surface area contributed by atoms with Crippen molar-refractivity contribution in [3.05, 3.63) is 12.2 Å². The van der Waals surface area contributed by atoms with Crippen LogP contribution in [0.15, 0.2) is 6.33 Å². The smallest absolute Gasteiger partial charge is 0.227 e. The van der Waals surface area contributed by atoms with Crippen LogP contribution in [0.1, 0.15) is 38.6 Å². The van der Waals surface area contributed by atoms with E-state index >= 15 is 0 Å². The van der Waals surface area contributed by atoms with Gasteiger partial charge in [-0.25, -0.2) is 0 Å². The molecule has 2 atom stereocenters. The summed E-state index contributed by atoms with van der Waals surface area (Å²) < 4.78 is 2.02. The number of amides is 1. The van der Waals surface area contributed by atoms with Gasteiger partial charge in [0, 0.05) is 32.2 Å². The minimum atomic E-state index is 0.0559. The van der Waals surface area contributed by atoms with Crippen LogP contribution in [0.2, 0.25) is 0 Å². The Bertz CT molecular complexity index is 541. The summed E-state index contributed by atoms with van der Waals surface area (Å²) in [5.41, 5.74) is 0. The summed E-state index contributed by atoms with van der Waals surface area (Å²) in [4.78, 5) is 19.3. The van der Waals surface area contributed by atoms with Crippen LogP contribution in [0.25, 0.3) is 0 Å². The first-order chi connectivity index (χ1) is 11.3. The van der Waals surface area contributed by atoms with E-state index in [2.05, 4.69) is 55.0 Å². The summed E-state index contributed by atoms with van der Waals surface area (Å²) in [6.07, 6.45) is 3.73. The molecule has 0 bridgehead atoms. The van der Waals surface area contributed by atoms with Crippen molar-refractivity contribution in [1.29, 1.82) is 0 Å². The normalized spacial score (nSPS) is 22.8. The molecule has 2 rings (SSSR count). The number of carbonyl (C=O) groups excluding carboxylic acids is 1. The first kappa shape index (κ1) is 18.9. The average molecular weight is 336 g/mol. The lowest BCUT2D eigenvalue weighted by atomic mass is 10.00. The molecular weight excluding hydrogens is 304 g/mol. The van der Waals surface area contributed by atoms with Gasteiger partial charge in [-0.05, 0) is 47.8 Å². The third-order valence-corrected chi connectivity index (χ3v) is 4.94. The first-order valence-corrected chi connectivity index (χ1v) is 8.78. The van der Waals surface area contributed by atoms with Crippen LogP contribution in [-0.4, -0.2) is 82.7 Å². The Hall–Kier alpha value is -1.47. The van der Waals surface area contributed by atoms with Gasteiger partial charge in [0.25, 0.3) is 0 Å².